The van der Waals surface area contributed by atoms with Crippen molar-refractivity contribution in [1.29, 1.82) is 0 Å². The minimum Gasteiger partial charge on any atom is -0.0880 e. The van der Waals surface area contributed by atoms with Gasteiger partial charge in [0.1, 0.15) is 0 Å². The second-order valence-electron chi connectivity index (χ2n) is 2.96. The minimum absolute atomic E-state index is 0.768. The predicted molar refractivity (Wildman–Crippen MR) is 71.2 cm³/mol. The molecule has 0 bridgehead atoms. The summed E-state index contributed by atoms with van der Waals surface area (Å²) in [6, 6.07) is 5.81. The molecule has 1 aromatic rings. The number of halogens is 3. The summed E-state index contributed by atoms with van der Waals surface area (Å²) in [6.07, 6.45) is 3.20. The van der Waals surface area contributed by atoms with E-state index in [0.29, 0.717) is 0 Å². The van der Waals surface area contributed by atoms with E-state index in [4.69, 9.17) is 11.6 Å². The Morgan fingerprint density at radius 1 is 1.50 bits per heavy atom. The Morgan fingerprint density at radius 2 is 2.21 bits per heavy atom. The van der Waals surface area contributed by atoms with Gasteiger partial charge in [0.25, 0.3) is 0 Å². The van der Waals surface area contributed by atoms with Crippen LogP contribution >= 0.6 is 43.5 Å². The molecule has 1 rings (SSSR count). The highest BCUT2D eigenvalue weighted by molar-refractivity contribution is 9.10. The van der Waals surface area contributed by atoms with Gasteiger partial charge in [0, 0.05) is 14.8 Å². The van der Waals surface area contributed by atoms with Gasteiger partial charge in [-0.05, 0) is 30.2 Å². The normalized spacial score (nSPS) is 11.9. The first-order chi connectivity index (χ1) is 6.67. The molecule has 0 heterocycles. The summed E-state index contributed by atoms with van der Waals surface area (Å²) in [5.74, 6) is 0. The van der Waals surface area contributed by atoms with Gasteiger partial charge >= 0.3 is 0 Å². The van der Waals surface area contributed by atoms with Crippen molar-refractivity contribution in [3.63, 3.8) is 0 Å². The molecule has 0 radical (unpaired) electrons. The molecule has 0 aliphatic carbocycles. The van der Waals surface area contributed by atoms with Crippen molar-refractivity contribution in [2.45, 2.75) is 13.3 Å². The molecule has 0 saturated carbocycles. The maximum absolute atomic E-state index is 5.92. The molecule has 0 saturated heterocycles. The molecule has 0 unspecified atom stereocenters. The van der Waals surface area contributed by atoms with Crippen molar-refractivity contribution in [2.75, 3.05) is 5.33 Å². The van der Waals surface area contributed by atoms with Gasteiger partial charge in [0.15, 0.2) is 0 Å². The molecular weight excluding hydrogens is 327 g/mol. The molecule has 0 aliphatic heterocycles. The molecule has 0 spiro atoms. The molecule has 0 aromatic heterocycles. The fourth-order valence-corrected chi connectivity index (χ4v) is 2.18. The third kappa shape index (κ3) is 3.41. The van der Waals surface area contributed by atoms with E-state index in [9.17, 15) is 0 Å². The van der Waals surface area contributed by atoms with Gasteiger partial charge in [0.2, 0.25) is 0 Å². The fourth-order valence-electron chi connectivity index (χ4n) is 1.08. The lowest BCUT2D eigenvalue weighted by atomic mass is 10.1. The van der Waals surface area contributed by atoms with Crippen molar-refractivity contribution < 1.29 is 0 Å². The molecule has 0 fully saturated rings. The van der Waals surface area contributed by atoms with E-state index < -0.39 is 0 Å². The van der Waals surface area contributed by atoms with E-state index >= 15 is 0 Å². The van der Waals surface area contributed by atoms with E-state index in [-0.39, 0.29) is 0 Å². The van der Waals surface area contributed by atoms with Crippen molar-refractivity contribution in [3.8, 4) is 0 Å². The van der Waals surface area contributed by atoms with Gasteiger partial charge in [-0.1, -0.05) is 62.0 Å². The Balaban J connectivity index is 3.06. The van der Waals surface area contributed by atoms with E-state index in [0.717, 1.165) is 26.8 Å². The molecule has 0 amide bonds. The van der Waals surface area contributed by atoms with Crippen LogP contribution in [0.25, 0.3) is 6.08 Å². The number of hydrogen-bond donors (Lipinski definition) is 0. The molecule has 14 heavy (non-hydrogen) atoms. The first-order valence-corrected chi connectivity index (χ1v) is 6.67. The number of benzene rings is 1. The van der Waals surface area contributed by atoms with E-state index in [1.165, 1.54) is 5.57 Å². The van der Waals surface area contributed by atoms with Crippen LogP contribution in [-0.2, 0) is 0 Å². The standard InChI is InChI=1S/C11H11Br2Cl/c1-2-8(7-12)5-9-6-10(14)3-4-11(9)13/h3-6H,2,7H2,1H3/b8-5-. The van der Waals surface area contributed by atoms with Gasteiger partial charge in [0.05, 0.1) is 0 Å². The Morgan fingerprint density at radius 3 is 2.79 bits per heavy atom. The quantitative estimate of drug-likeness (QED) is 0.657. The second-order valence-corrected chi connectivity index (χ2v) is 4.81. The smallest absolute Gasteiger partial charge is 0.0412 e. The summed E-state index contributed by atoms with van der Waals surface area (Å²) >= 11 is 12.9. The van der Waals surface area contributed by atoms with Crippen LogP contribution in [0.5, 0.6) is 0 Å². The lowest BCUT2D eigenvalue weighted by Gasteiger charge is -2.03. The molecular formula is C11H11Br2Cl. The maximum atomic E-state index is 5.92. The first-order valence-electron chi connectivity index (χ1n) is 4.37. The van der Waals surface area contributed by atoms with Gasteiger partial charge in [-0.2, -0.15) is 0 Å². The third-order valence-electron chi connectivity index (χ3n) is 1.94. The molecule has 0 aliphatic rings. The molecule has 0 atom stereocenters. The zero-order valence-corrected chi connectivity index (χ0v) is 11.8. The Labute approximate surface area is 107 Å². The van der Waals surface area contributed by atoms with Gasteiger partial charge in [-0.15, -0.1) is 0 Å². The zero-order valence-electron chi connectivity index (χ0n) is 7.86. The lowest BCUT2D eigenvalue weighted by Crippen LogP contribution is -1.83. The van der Waals surface area contributed by atoms with Crippen molar-refractivity contribution in [1.82, 2.24) is 0 Å². The zero-order chi connectivity index (χ0) is 10.6. The highest BCUT2D eigenvalue weighted by Gasteiger charge is 1.99. The average Bonchev–Trinajstić information content (AvgIpc) is 2.19. The van der Waals surface area contributed by atoms with Crippen molar-refractivity contribution in [3.05, 3.63) is 38.8 Å². The second kappa shape index (κ2) is 5.94. The first kappa shape index (κ1) is 12.3. The van der Waals surface area contributed by atoms with Crippen LogP contribution in [-0.4, -0.2) is 5.33 Å². The summed E-state index contributed by atoms with van der Waals surface area (Å²) in [6.45, 7) is 2.14. The Hall–Kier alpha value is 0.210. The summed E-state index contributed by atoms with van der Waals surface area (Å²) in [7, 11) is 0. The molecule has 1 aromatic carbocycles. The lowest BCUT2D eigenvalue weighted by molar-refractivity contribution is 1.12. The fraction of sp³-hybridized carbons (Fsp3) is 0.273. The highest BCUT2D eigenvalue weighted by Crippen LogP contribution is 2.24. The van der Waals surface area contributed by atoms with Crippen LogP contribution in [0.2, 0.25) is 5.02 Å². The Bertz CT molecular complexity index is 339. The molecule has 76 valence electrons. The van der Waals surface area contributed by atoms with Crippen molar-refractivity contribution in [2.24, 2.45) is 0 Å². The van der Waals surface area contributed by atoms with Crippen LogP contribution in [0.4, 0.5) is 0 Å². The van der Waals surface area contributed by atoms with Gasteiger partial charge in [-0.25, -0.2) is 0 Å². The van der Waals surface area contributed by atoms with Crippen LogP contribution in [0.1, 0.15) is 18.9 Å². The highest BCUT2D eigenvalue weighted by atomic mass is 79.9. The largest absolute Gasteiger partial charge is 0.0880 e. The Kier molecular flexibility index (Phi) is 5.21. The average molecular weight is 338 g/mol. The maximum Gasteiger partial charge on any atom is 0.0412 e. The summed E-state index contributed by atoms with van der Waals surface area (Å²) in [4.78, 5) is 0. The van der Waals surface area contributed by atoms with E-state index in [1.54, 1.807) is 0 Å². The monoisotopic (exact) mass is 336 g/mol. The molecule has 0 N–H and O–H groups in total. The number of hydrogen-bond acceptors (Lipinski definition) is 0. The predicted octanol–water partition coefficient (Wildman–Crippen LogP) is 5.29. The van der Waals surface area contributed by atoms with Crippen LogP contribution in [0.15, 0.2) is 28.2 Å². The third-order valence-corrected chi connectivity index (χ3v) is 3.62. The number of alkyl halides is 1. The summed E-state index contributed by atoms with van der Waals surface area (Å²) in [5.41, 5.74) is 2.49. The summed E-state index contributed by atoms with van der Waals surface area (Å²) in [5, 5.41) is 1.67. The SMILES string of the molecule is CC/C(=C/c1cc(Cl)ccc1Br)CBr. The van der Waals surface area contributed by atoms with Gasteiger partial charge in [-0.3, -0.25) is 0 Å². The van der Waals surface area contributed by atoms with Crippen LogP contribution in [0, 0.1) is 0 Å². The topological polar surface area (TPSA) is 0 Å². The molecule has 0 nitrogen and oxygen atoms in total. The molecule has 3 heteroatoms. The number of rotatable bonds is 3. The van der Waals surface area contributed by atoms with Crippen molar-refractivity contribution >= 4 is 49.5 Å². The minimum atomic E-state index is 0.768. The van der Waals surface area contributed by atoms with Crippen LogP contribution < -0.4 is 0 Å². The number of allylic oxidation sites excluding steroid dienone is 1. The van der Waals surface area contributed by atoms with E-state index in [2.05, 4.69) is 44.9 Å². The van der Waals surface area contributed by atoms with E-state index in [1.807, 2.05) is 18.2 Å². The van der Waals surface area contributed by atoms with Gasteiger partial charge < -0.3 is 0 Å². The summed E-state index contributed by atoms with van der Waals surface area (Å²) < 4.78 is 1.08. The van der Waals surface area contributed by atoms with Crippen LogP contribution in [0.3, 0.4) is 0 Å².